The van der Waals surface area contributed by atoms with Crippen molar-refractivity contribution in [3.63, 3.8) is 0 Å². The molecule has 104 valence electrons. The fraction of sp³-hybridized carbons (Fsp3) is 0.385. The molecule has 0 saturated heterocycles. The Labute approximate surface area is 117 Å². The summed E-state index contributed by atoms with van der Waals surface area (Å²) in [4.78, 5) is 24.1. The lowest BCUT2D eigenvalue weighted by atomic mass is 10.3. The lowest BCUT2D eigenvalue weighted by molar-refractivity contribution is -0.117. The van der Waals surface area contributed by atoms with Crippen molar-refractivity contribution in [3.8, 4) is 0 Å². The van der Waals surface area contributed by atoms with Gasteiger partial charge in [-0.15, -0.1) is 11.6 Å². The second kappa shape index (κ2) is 8.37. The zero-order chi connectivity index (χ0) is 14.1. The minimum Gasteiger partial charge on any atom is -0.375 e. The van der Waals surface area contributed by atoms with Crippen molar-refractivity contribution in [2.24, 2.45) is 0 Å². The molecule has 0 radical (unpaired) electrons. The van der Waals surface area contributed by atoms with Gasteiger partial charge in [-0.3, -0.25) is 10.1 Å². The first-order chi connectivity index (χ1) is 9.13. The molecule has 0 bridgehead atoms. The van der Waals surface area contributed by atoms with Gasteiger partial charge in [-0.1, -0.05) is 18.2 Å². The van der Waals surface area contributed by atoms with Gasteiger partial charge in [0, 0.05) is 25.8 Å². The van der Waals surface area contributed by atoms with Crippen LogP contribution in [-0.2, 0) is 4.79 Å². The van der Waals surface area contributed by atoms with Crippen LogP contribution < -0.4 is 15.5 Å². The summed E-state index contributed by atoms with van der Waals surface area (Å²) in [7, 11) is 1.99. The first-order valence-electron chi connectivity index (χ1n) is 6.03. The van der Waals surface area contributed by atoms with Gasteiger partial charge in [0.25, 0.3) is 0 Å². The normalized spacial score (nSPS) is 9.79. The number of urea groups is 1. The van der Waals surface area contributed by atoms with E-state index in [2.05, 4.69) is 15.5 Å². The van der Waals surface area contributed by atoms with E-state index in [4.69, 9.17) is 11.6 Å². The first-order valence-corrected chi connectivity index (χ1v) is 6.56. The van der Waals surface area contributed by atoms with E-state index in [1.54, 1.807) is 0 Å². The van der Waals surface area contributed by atoms with Crippen LogP contribution >= 0.6 is 11.6 Å². The average Bonchev–Trinajstić information content (AvgIpc) is 2.44. The minimum atomic E-state index is -0.506. The van der Waals surface area contributed by atoms with Crippen molar-refractivity contribution in [1.82, 2.24) is 10.6 Å². The Hall–Kier alpha value is -1.75. The first kappa shape index (κ1) is 15.3. The van der Waals surface area contributed by atoms with E-state index in [0.29, 0.717) is 6.54 Å². The Bertz CT molecular complexity index is 412. The van der Waals surface area contributed by atoms with Crippen molar-refractivity contribution in [3.05, 3.63) is 30.3 Å². The molecular weight excluding hydrogens is 266 g/mol. The smallest absolute Gasteiger partial charge is 0.321 e. The average molecular weight is 284 g/mol. The van der Waals surface area contributed by atoms with Crippen LogP contribution in [0.2, 0.25) is 0 Å². The maximum Gasteiger partial charge on any atom is 0.321 e. The molecule has 0 unspecified atom stereocenters. The van der Waals surface area contributed by atoms with Gasteiger partial charge >= 0.3 is 6.03 Å². The molecule has 1 rings (SSSR count). The highest BCUT2D eigenvalue weighted by Crippen LogP contribution is 2.10. The molecule has 0 spiro atoms. The lowest BCUT2D eigenvalue weighted by Gasteiger charge is -2.19. The second-order valence-corrected chi connectivity index (χ2v) is 4.32. The molecular formula is C13H18ClN3O2. The molecule has 0 atom stereocenters. The van der Waals surface area contributed by atoms with E-state index in [0.717, 1.165) is 18.7 Å². The quantitative estimate of drug-likeness (QED) is 0.615. The fourth-order valence-electron chi connectivity index (χ4n) is 1.53. The van der Waals surface area contributed by atoms with Gasteiger partial charge in [-0.05, 0) is 18.6 Å². The zero-order valence-electron chi connectivity index (χ0n) is 10.9. The van der Waals surface area contributed by atoms with Crippen molar-refractivity contribution in [2.45, 2.75) is 6.42 Å². The third-order valence-electron chi connectivity index (χ3n) is 2.53. The summed E-state index contributed by atoms with van der Waals surface area (Å²) in [6.07, 6.45) is 0.786. The van der Waals surface area contributed by atoms with Crippen LogP contribution in [0.3, 0.4) is 0 Å². The molecule has 3 amide bonds. The van der Waals surface area contributed by atoms with Gasteiger partial charge in [-0.2, -0.15) is 0 Å². The standard InChI is InChI=1S/C13H18ClN3O2/c1-17(11-6-3-2-4-7-11)9-5-8-15-13(19)16-12(18)10-14/h2-4,6-7H,5,8-10H2,1H3,(H2,15,16,18,19). The van der Waals surface area contributed by atoms with Crippen LogP contribution in [0, 0.1) is 0 Å². The summed E-state index contributed by atoms with van der Waals surface area (Å²) >= 11 is 5.27. The van der Waals surface area contributed by atoms with Gasteiger partial charge in [0.15, 0.2) is 0 Å². The largest absolute Gasteiger partial charge is 0.375 e. The highest BCUT2D eigenvalue weighted by Gasteiger charge is 2.05. The molecule has 0 aliphatic carbocycles. The van der Waals surface area contributed by atoms with Gasteiger partial charge in [-0.25, -0.2) is 4.79 Å². The summed E-state index contributed by atoms with van der Waals surface area (Å²) in [6.45, 7) is 1.31. The molecule has 19 heavy (non-hydrogen) atoms. The maximum absolute atomic E-state index is 11.2. The van der Waals surface area contributed by atoms with Crippen LogP contribution in [-0.4, -0.2) is 38.0 Å². The van der Waals surface area contributed by atoms with E-state index in [-0.39, 0.29) is 5.88 Å². The molecule has 5 nitrogen and oxygen atoms in total. The third-order valence-corrected chi connectivity index (χ3v) is 2.77. The number of amides is 3. The molecule has 1 aromatic rings. The summed E-state index contributed by atoms with van der Waals surface area (Å²) < 4.78 is 0. The van der Waals surface area contributed by atoms with E-state index in [1.165, 1.54) is 0 Å². The number of carbonyl (C=O) groups is 2. The van der Waals surface area contributed by atoms with E-state index < -0.39 is 11.9 Å². The molecule has 0 heterocycles. The highest BCUT2D eigenvalue weighted by atomic mass is 35.5. The van der Waals surface area contributed by atoms with Crippen molar-refractivity contribution < 1.29 is 9.59 Å². The minimum absolute atomic E-state index is 0.218. The van der Waals surface area contributed by atoms with Gasteiger partial charge < -0.3 is 10.2 Å². The van der Waals surface area contributed by atoms with Gasteiger partial charge in [0.1, 0.15) is 5.88 Å². The lowest BCUT2D eigenvalue weighted by Crippen LogP contribution is -2.40. The van der Waals surface area contributed by atoms with E-state index in [9.17, 15) is 9.59 Å². The predicted molar refractivity (Wildman–Crippen MR) is 76.6 cm³/mol. The Kier molecular flexibility index (Phi) is 6.74. The number of rotatable bonds is 6. The molecule has 2 N–H and O–H groups in total. The number of halogens is 1. The molecule has 0 fully saturated rings. The maximum atomic E-state index is 11.2. The number of alkyl halides is 1. The molecule has 1 aromatic carbocycles. The van der Waals surface area contributed by atoms with Crippen LogP contribution in [0.1, 0.15) is 6.42 Å². The Morgan fingerprint density at radius 2 is 1.95 bits per heavy atom. The summed E-state index contributed by atoms with van der Waals surface area (Å²) in [6, 6.07) is 9.48. The number of carbonyl (C=O) groups excluding carboxylic acids is 2. The topological polar surface area (TPSA) is 61.4 Å². The number of benzene rings is 1. The Morgan fingerprint density at radius 3 is 2.58 bits per heavy atom. The monoisotopic (exact) mass is 283 g/mol. The number of imide groups is 1. The number of hydrogen-bond donors (Lipinski definition) is 2. The van der Waals surface area contributed by atoms with Crippen LogP contribution in [0.5, 0.6) is 0 Å². The number of para-hydroxylation sites is 1. The molecule has 0 saturated carbocycles. The summed E-state index contributed by atoms with van der Waals surface area (Å²) in [5, 5.41) is 4.71. The SMILES string of the molecule is CN(CCCNC(=O)NC(=O)CCl)c1ccccc1. The van der Waals surface area contributed by atoms with E-state index in [1.807, 2.05) is 37.4 Å². The second-order valence-electron chi connectivity index (χ2n) is 4.05. The molecule has 0 aromatic heterocycles. The number of nitrogens with one attached hydrogen (secondary N) is 2. The fourth-order valence-corrected chi connectivity index (χ4v) is 1.60. The summed E-state index contributed by atoms with van der Waals surface area (Å²) in [5.74, 6) is -0.718. The zero-order valence-corrected chi connectivity index (χ0v) is 11.6. The number of hydrogen-bond acceptors (Lipinski definition) is 3. The molecule has 6 heteroatoms. The number of nitrogens with zero attached hydrogens (tertiary/aromatic N) is 1. The van der Waals surface area contributed by atoms with E-state index >= 15 is 0 Å². The molecule has 0 aliphatic heterocycles. The van der Waals surface area contributed by atoms with Crippen molar-refractivity contribution in [1.29, 1.82) is 0 Å². The Balaban J connectivity index is 2.17. The Morgan fingerprint density at radius 1 is 1.26 bits per heavy atom. The van der Waals surface area contributed by atoms with Crippen LogP contribution in [0.15, 0.2) is 30.3 Å². The van der Waals surface area contributed by atoms with Gasteiger partial charge in [0.2, 0.25) is 5.91 Å². The van der Waals surface area contributed by atoms with Crippen LogP contribution in [0.4, 0.5) is 10.5 Å². The van der Waals surface area contributed by atoms with Crippen LogP contribution in [0.25, 0.3) is 0 Å². The van der Waals surface area contributed by atoms with Crippen molar-refractivity contribution >= 4 is 29.2 Å². The molecule has 0 aliphatic rings. The summed E-state index contributed by atoms with van der Waals surface area (Å²) in [5.41, 5.74) is 1.13. The number of anilines is 1. The van der Waals surface area contributed by atoms with Gasteiger partial charge in [0.05, 0.1) is 0 Å². The third kappa shape index (κ3) is 6.10. The van der Waals surface area contributed by atoms with Crippen molar-refractivity contribution in [2.75, 3.05) is 30.9 Å². The highest BCUT2D eigenvalue weighted by molar-refractivity contribution is 6.28. The predicted octanol–water partition coefficient (Wildman–Crippen LogP) is 1.58.